The second kappa shape index (κ2) is 12.5. The van der Waals surface area contributed by atoms with Crippen LogP contribution in [0.2, 0.25) is 5.02 Å². The lowest BCUT2D eigenvalue weighted by Gasteiger charge is -2.15. The van der Waals surface area contributed by atoms with Crippen molar-refractivity contribution in [3.05, 3.63) is 22.7 Å². The third-order valence-corrected chi connectivity index (χ3v) is 4.00. The number of hydrogen-bond donors (Lipinski definition) is 1. The van der Waals surface area contributed by atoms with Crippen LogP contribution in [0.25, 0.3) is 0 Å². The van der Waals surface area contributed by atoms with Crippen molar-refractivity contribution >= 4 is 11.6 Å². The minimum atomic E-state index is 0.619. The van der Waals surface area contributed by atoms with Crippen molar-refractivity contribution in [3.63, 3.8) is 0 Å². The lowest BCUT2D eigenvalue weighted by atomic mass is 10.1. The molecule has 1 rings (SSSR count). The summed E-state index contributed by atoms with van der Waals surface area (Å²) in [6, 6.07) is 3.88. The molecule has 0 aromatic heterocycles. The van der Waals surface area contributed by atoms with E-state index in [9.17, 15) is 0 Å². The molecule has 4 heteroatoms. The Morgan fingerprint density at radius 2 is 1.65 bits per heavy atom. The molecule has 1 N–H and O–H groups in total. The van der Waals surface area contributed by atoms with E-state index >= 15 is 0 Å². The average molecular weight is 342 g/mol. The van der Waals surface area contributed by atoms with Crippen LogP contribution in [-0.4, -0.2) is 19.8 Å². The Kier molecular flexibility index (Phi) is 10.9. The molecule has 0 saturated carbocycles. The van der Waals surface area contributed by atoms with Crippen molar-refractivity contribution in [1.29, 1.82) is 0 Å². The maximum atomic E-state index is 6.39. The molecule has 0 aliphatic rings. The quantitative estimate of drug-likeness (QED) is 0.474. The normalized spacial score (nSPS) is 10.8. The van der Waals surface area contributed by atoms with Crippen molar-refractivity contribution < 1.29 is 9.47 Å². The zero-order valence-corrected chi connectivity index (χ0v) is 15.7. The van der Waals surface area contributed by atoms with Gasteiger partial charge in [-0.15, -0.1) is 0 Å². The van der Waals surface area contributed by atoms with Crippen molar-refractivity contribution in [2.45, 2.75) is 65.8 Å². The Labute approximate surface area is 146 Å². The highest BCUT2D eigenvalue weighted by molar-refractivity contribution is 6.31. The third-order valence-electron chi connectivity index (χ3n) is 3.65. The van der Waals surface area contributed by atoms with E-state index in [-0.39, 0.29) is 0 Å². The highest BCUT2D eigenvalue weighted by atomic mass is 35.5. The van der Waals surface area contributed by atoms with Crippen LogP contribution in [0.5, 0.6) is 11.5 Å². The molecule has 1 aromatic carbocycles. The lowest BCUT2D eigenvalue weighted by molar-refractivity contribution is 0.276. The van der Waals surface area contributed by atoms with Gasteiger partial charge < -0.3 is 14.8 Å². The highest BCUT2D eigenvalue weighted by Crippen LogP contribution is 2.33. The molecular weight excluding hydrogens is 310 g/mol. The molecule has 0 heterocycles. The molecule has 0 aliphatic heterocycles. The summed E-state index contributed by atoms with van der Waals surface area (Å²) in [5.41, 5.74) is 1.06. The Morgan fingerprint density at radius 3 is 2.35 bits per heavy atom. The maximum Gasteiger partial charge on any atom is 0.162 e. The summed E-state index contributed by atoms with van der Waals surface area (Å²) in [6.07, 6.45) is 7.43. The van der Waals surface area contributed by atoms with Gasteiger partial charge >= 0.3 is 0 Å². The summed E-state index contributed by atoms with van der Waals surface area (Å²) in [5, 5.41) is 4.20. The fourth-order valence-electron chi connectivity index (χ4n) is 2.38. The number of unbranched alkanes of at least 4 members (excludes halogenated alkanes) is 4. The minimum absolute atomic E-state index is 0.619. The second-order valence-corrected chi connectivity index (χ2v) is 6.17. The second-order valence-electron chi connectivity index (χ2n) is 5.76. The van der Waals surface area contributed by atoms with Crippen molar-refractivity contribution in [3.8, 4) is 11.5 Å². The van der Waals surface area contributed by atoms with Gasteiger partial charge in [0.15, 0.2) is 11.5 Å². The molecule has 132 valence electrons. The monoisotopic (exact) mass is 341 g/mol. The van der Waals surface area contributed by atoms with Gasteiger partial charge in [0, 0.05) is 17.6 Å². The summed E-state index contributed by atoms with van der Waals surface area (Å²) in [7, 11) is 0. The first-order chi connectivity index (χ1) is 11.2. The van der Waals surface area contributed by atoms with Crippen LogP contribution in [0.3, 0.4) is 0 Å². The molecule has 0 bridgehead atoms. The first-order valence-electron chi connectivity index (χ1n) is 9.01. The van der Waals surface area contributed by atoms with E-state index in [0.29, 0.717) is 13.2 Å². The van der Waals surface area contributed by atoms with Crippen LogP contribution in [0.15, 0.2) is 12.1 Å². The zero-order chi connectivity index (χ0) is 16.9. The van der Waals surface area contributed by atoms with Gasteiger partial charge in [0.05, 0.1) is 13.2 Å². The first kappa shape index (κ1) is 20.1. The summed E-state index contributed by atoms with van der Waals surface area (Å²) in [6.45, 7) is 9.39. The molecule has 0 aliphatic carbocycles. The predicted molar refractivity (Wildman–Crippen MR) is 98.9 cm³/mol. The fourth-order valence-corrected chi connectivity index (χ4v) is 2.60. The van der Waals surface area contributed by atoms with Gasteiger partial charge in [-0.25, -0.2) is 0 Å². The summed E-state index contributed by atoms with van der Waals surface area (Å²) < 4.78 is 11.4. The Hall–Kier alpha value is -0.930. The van der Waals surface area contributed by atoms with E-state index in [1.165, 1.54) is 32.1 Å². The van der Waals surface area contributed by atoms with Crippen molar-refractivity contribution in [1.82, 2.24) is 5.32 Å². The molecule has 3 nitrogen and oxygen atoms in total. The molecule has 0 atom stereocenters. The van der Waals surface area contributed by atoms with Crippen LogP contribution in [0.1, 0.15) is 64.9 Å². The third kappa shape index (κ3) is 7.94. The van der Waals surface area contributed by atoms with Gasteiger partial charge in [-0.2, -0.15) is 0 Å². The van der Waals surface area contributed by atoms with E-state index in [1.54, 1.807) is 0 Å². The summed E-state index contributed by atoms with van der Waals surface area (Å²) in [4.78, 5) is 0. The van der Waals surface area contributed by atoms with E-state index in [4.69, 9.17) is 21.1 Å². The lowest BCUT2D eigenvalue weighted by Crippen LogP contribution is -2.15. The molecule has 0 amide bonds. The van der Waals surface area contributed by atoms with Gasteiger partial charge in [0.2, 0.25) is 0 Å². The number of benzene rings is 1. The number of hydrogen-bond acceptors (Lipinski definition) is 3. The average Bonchev–Trinajstić information content (AvgIpc) is 2.55. The van der Waals surface area contributed by atoms with E-state index in [0.717, 1.165) is 41.6 Å². The minimum Gasteiger partial charge on any atom is -0.490 e. The Balaban J connectivity index is 2.52. The molecule has 0 fully saturated rings. The van der Waals surface area contributed by atoms with Crippen LogP contribution < -0.4 is 14.8 Å². The summed E-state index contributed by atoms with van der Waals surface area (Å²) >= 11 is 6.39. The molecule has 1 aromatic rings. The number of nitrogens with one attached hydrogen (secondary N) is 1. The van der Waals surface area contributed by atoms with E-state index in [2.05, 4.69) is 19.2 Å². The predicted octanol–water partition coefficient (Wildman–Crippen LogP) is 5.59. The molecule has 23 heavy (non-hydrogen) atoms. The van der Waals surface area contributed by atoms with Gasteiger partial charge in [-0.05, 0) is 37.9 Å². The van der Waals surface area contributed by atoms with Crippen molar-refractivity contribution in [2.75, 3.05) is 19.8 Å². The van der Waals surface area contributed by atoms with Crippen LogP contribution in [0.4, 0.5) is 0 Å². The van der Waals surface area contributed by atoms with Gasteiger partial charge in [-0.1, -0.05) is 51.1 Å². The van der Waals surface area contributed by atoms with Crippen LogP contribution >= 0.6 is 11.6 Å². The number of ether oxygens (including phenoxy) is 2. The van der Waals surface area contributed by atoms with Crippen LogP contribution in [0, 0.1) is 0 Å². The van der Waals surface area contributed by atoms with E-state index in [1.807, 2.05) is 19.1 Å². The summed E-state index contributed by atoms with van der Waals surface area (Å²) in [5.74, 6) is 1.52. The smallest absolute Gasteiger partial charge is 0.162 e. The molecule has 0 radical (unpaired) electrons. The zero-order valence-electron chi connectivity index (χ0n) is 14.9. The fraction of sp³-hybridized carbons (Fsp3) is 0.684. The highest BCUT2D eigenvalue weighted by Gasteiger charge is 2.11. The van der Waals surface area contributed by atoms with Gasteiger partial charge in [-0.3, -0.25) is 0 Å². The maximum absolute atomic E-state index is 6.39. The Bertz CT molecular complexity index is 438. The Morgan fingerprint density at radius 1 is 0.913 bits per heavy atom. The van der Waals surface area contributed by atoms with E-state index < -0.39 is 0 Å². The van der Waals surface area contributed by atoms with Crippen molar-refractivity contribution in [2.24, 2.45) is 0 Å². The topological polar surface area (TPSA) is 30.5 Å². The SMILES string of the molecule is CCCCCCCNCc1cc(OCC)c(OCCC)cc1Cl. The standard InChI is InChI=1S/C19H32ClNO2/c1-4-7-8-9-10-11-21-15-16-13-18(22-6-3)19(14-17(16)20)23-12-5-2/h13-14,21H,4-12,15H2,1-3H3. The van der Waals surface area contributed by atoms with Crippen LogP contribution in [-0.2, 0) is 6.54 Å². The van der Waals surface area contributed by atoms with Gasteiger partial charge in [0.25, 0.3) is 0 Å². The molecular formula is C19H32ClNO2. The molecule has 0 spiro atoms. The molecule has 0 saturated heterocycles. The van der Waals surface area contributed by atoms with Gasteiger partial charge in [0.1, 0.15) is 0 Å². The molecule has 0 unspecified atom stereocenters. The first-order valence-corrected chi connectivity index (χ1v) is 9.39. The largest absolute Gasteiger partial charge is 0.490 e. The number of halogens is 1. The number of rotatable bonds is 13.